The number of ether oxygens (including phenoxy) is 2. The smallest absolute Gasteiger partial charge is 0.342 e. The molecule has 12 heteroatoms. The molecular formula is C22H24ClF2N5O4. The first kappa shape index (κ1) is 23.9. The summed E-state index contributed by atoms with van der Waals surface area (Å²) in [6.45, 7) is -0.757. The molecule has 1 fully saturated rings. The number of methoxy groups -OCH3 is 2. The summed E-state index contributed by atoms with van der Waals surface area (Å²) in [6.07, 6.45) is 4.65. The lowest BCUT2D eigenvalue weighted by atomic mass is 10.2. The number of rotatable bonds is 5. The highest BCUT2D eigenvalue weighted by molar-refractivity contribution is 6.34. The number of aromatic nitrogens is 2. The molecule has 2 aliphatic rings. The Morgan fingerprint density at radius 1 is 1.26 bits per heavy atom. The summed E-state index contributed by atoms with van der Waals surface area (Å²) in [5.41, 5.74) is 0.672. The number of fused-ring (bicyclic) bond motifs is 1. The Bertz CT molecular complexity index is 1130. The van der Waals surface area contributed by atoms with Crippen molar-refractivity contribution < 1.29 is 27.8 Å². The molecule has 34 heavy (non-hydrogen) atoms. The fourth-order valence-corrected chi connectivity index (χ4v) is 4.55. The maximum absolute atomic E-state index is 14.7. The molecular weight excluding hydrogens is 472 g/mol. The van der Waals surface area contributed by atoms with Crippen LogP contribution in [0.4, 0.5) is 31.9 Å². The van der Waals surface area contributed by atoms with Crippen LogP contribution in [-0.2, 0) is 9.53 Å². The quantitative estimate of drug-likeness (QED) is 0.621. The van der Waals surface area contributed by atoms with Crippen LogP contribution < -0.4 is 19.9 Å². The average Bonchev–Trinajstić information content (AvgIpc) is 3.34. The number of nitrogens with one attached hydrogen (secondary N) is 1. The lowest BCUT2D eigenvalue weighted by Gasteiger charge is -2.31. The molecule has 1 aromatic carbocycles. The average molecular weight is 496 g/mol. The zero-order chi connectivity index (χ0) is 24.6. The van der Waals surface area contributed by atoms with Gasteiger partial charge in [0.1, 0.15) is 11.4 Å². The van der Waals surface area contributed by atoms with Gasteiger partial charge in [-0.2, -0.15) is 13.8 Å². The van der Waals surface area contributed by atoms with E-state index in [0.29, 0.717) is 5.69 Å². The lowest BCUT2D eigenvalue weighted by Crippen LogP contribution is -2.48. The van der Waals surface area contributed by atoms with Gasteiger partial charge in [-0.25, -0.2) is 9.78 Å². The highest BCUT2D eigenvalue weighted by Crippen LogP contribution is 2.40. The van der Waals surface area contributed by atoms with Gasteiger partial charge in [-0.1, -0.05) is 24.4 Å². The number of benzene rings is 1. The third-order valence-corrected chi connectivity index (χ3v) is 6.39. The first-order valence-electron chi connectivity index (χ1n) is 10.7. The van der Waals surface area contributed by atoms with E-state index in [1.54, 1.807) is 0 Å². The summed E-state index contributed by atoms with van der Waals surface area (Å²) >= 11 is 6.24. The number of nitrogens with zero attached hydrogens (tertiary/aromatic N) is 4. The van der Waals surface area contributed by atoms with Crippen molar-refractivity contribution in [1.82, 2.24) is 9.97 Å². The number of hydrogen-bond acceptors (Lipinski definition) is 8. The summed E-state index contributed by atoms with van der Waals surface area (Å²) in [4.78, 5) is 35.5. The third-order valence-electron chi connectivity index (χ3n) is 6.08. The Labute approximate surface area is 200 Å². The number of halogens is 3. The van der Waals surface area contributed by atoms with Crippen LogP contribution in [0, 0.1) is 0 Å². The second-order valence-corrected chi connectivity index (χ2v) is 8.59. The minimum absolute atomic E-state index is 0.0907. The monoisotopic (exact) mass is 495 g/mol. The highest BCUT2D eigenvalue weighted by Gasteiger charge is 2.48. The Balaban J connectivity index is 1.75. The van der Waals surface area contributed by atoms with Crippen molar-refractivity contribution in [1.29, 1.82) is 0 Å². The molecule has 2 heterocycles. The van der Waals surface area contributed by atoms with E-state index in [-0.39, 0.29) is 39.8 Å². The number of amides is 1. The molecule has 0 atom stereocenters. The predicted molar refractivity (Wildman–Crippen MR) is 123 cm³/mol. The third kappa shape index (κ3) is 4.31. The van der Waals surface area contributed by atoms with Crippen molar-refractivity contribution in [2.45, 2.75) is 37.6 Å². The number of anilines is 4. The van der Waals surface area contributed by atoms with E-state index < -0.39 is 24.3 Å². The van der Waals surface area contributed by atoms with E-state index in [2.05, 4.69) is 15.3 Å². The predicted octanol–water partition coefficient (Wildman–Crippen LogP) is 4.03. The van der Waals surface area contributed by atoms with E-state index in [1.807, 2.05) is 0 Å². The summed E-state index contributed by atoms with van der Waals surface area (Å²) in [7, 11) is 3.94. The molecule has 4 rings (SSSR count). The van der Waals surface area contributed by atoms with Crippen molar-refractivity contribution in [3.8, 4) is 5.75 Å². The van der Waals surface area contributed by atoms with Gasteiger partial charge in [0.2, 0.25) is 5.95 Å². The molecule has 0 unspecified atom stereocenters. The summed E-state index contributed by atoms with van der Waals surface area (Å²) in [5.74, 6) is -4.88. The van der Waals surface area contributed by atoms with Gasteiger partial charge >= 0.3 is 11.9 Å². The molecule has 1 amide bonds. The van der Waals surface area contributed by atoms with Crippen molar-refractivity contribution >= 4 is 46.6 Å². The SMILES string of the molecule is COC(=O)c1cc(OC)c(Nc2ncc3c(n2)N(C2CCCC2)CC(F)(F)C(=O)N3C)cc1Cl. The Kier molecular flexibility index (Phi) is 6.48. The van der Waals surface area contributed by atoms with Crippen LogP contribution in [0.1, 0.15) is 36.0 Å². The number of alkyl halides is 2. The topological polar surface area (TPSA) is 96.9 Å². The summed E-state index contributed by atoms with van der Waals surface area (Å²) in [5, 5.41) is 3.09. The normalized spacial score (nSPS) is 17.9. The molecule has 1 aromatic heterocycles. The minimum Gasteiger partial charge on any atom is -0.495 e. The van der Waals surface area contributed by atoms with Crippen LogP contribution in [-0.4, -0.2) is 61.6 Å². The van der Waals surface area contributed by atoms with Gasteiger partial charge in [-0.05, 0) is 25.0 Å². The van der Waals surface area contributed by atoms with Crippen molar-refractivity contribution in [2.24, 2.45) is 0 Å². The van der Waals surface area contributed by atoms with E-state index in [0.717, 1.165) is 30.6 Å². The van der Waals surface area contributed by atoms with Crippen molar-refractivity contribution in [2.75, 3.05) is 42.9 Å². The van der Waals surface area contributed by atoms with Crippen LogP contribution in [0.2, 0.25) is 5.02 Å². The zero-order valence-electron chi connectivity index (χ0n) is 18.9. The zero-order valence-corrected chi connectivity index (χ0v) is 19.7. The molecule has 0 saturated heterocycles. The summed E-state index contributed by atoms with van der Waals surface area (Å²) < 4.78 is 39.5. The molecule has 0 spiro atoms. The van der Waals surface area contributed by atoms with Gasteiger partial charge in [0.25, 0.3) is 5.91 Å². The standard InChI is InChI=1S/C22H24ClF2N5O4/c1-29-16-10-26-21(27-15-9-14(23)13(19(31)34-3)8-17(15)33-2)28-18(16)30(12-6-4-5-7-12)11-22(24,25)20(29)32/h8-10,12H,4-7,11H2,1-3H3,(H,26,27,28). The Morgan fingerprint density at radius 2 is 1.97 bits per heavy atom. The second-order valence-electron chi connectivity index (χ2n) is 8.19. The van der Waals surface area contributed by atoms with E-state index in [1.165, 1.54) is 44.5 Å². The number of carbonyl (C=O) groups excluding carboxylic acids is 2. The molecule has 1 aliphatic carbocycles. The molecule has 0 bridgehead atoms. The first-order chi connectivity index (χ1) is 16.2. The van der Waals surface area contributed by atoms with Gasteiger partial charge in [0, 0.05) is 13.1 Å². The van der Waals surface area contributed by atoms with Gasteiger partial charge in [0.15, 0.2) is 5.82 Å². The van der Waals surface area contributed by atoms with Crippen molar-refractivity contribution in [3.63, 3.8) is 0 Å². The van der Waals surface area contributed by atoms with E-state index in [4.69, 9.17) is 21.1 Å². The Hall–Kier alpha value is -3.21. The second kappa shape index (κ2) is 9.21. The van der Waals surface area contributed by atoms with Crippen molar-refractivity contribution in [3.05, 3.63) is 28.9 Å². The van der Waals surface area contributed by atoms with Crippen LogP contribution >= 0.6 is 11.6 Å². The number of hydrogen-bond donors (Lipinski definition) is 1. The highest BCUT2D eigenvalue weighted by atomic mass is 35.5. The number of esters is 1. The van der Waals surface area contributed by atoms with Gasteiger partial charge in [-0.3, -0.25) is 4.79 Å². The fraction of sp³-hybridized carbons (Fsp3) is 0.455. The maximum Gasteiger partial charge on any atom is 0.342 e. The molecule has 1 aliphatic heterocycles. The van der Waals surface area contributed by atoms with Crippen LogP contribution in [0.5, 0.6) is 5.75 Å². The maximum atomic E-state index is 14.7. The molecule has 2 aromatic rings. The van der Waals surface area contributed by atoms with Crippen LogP contribution in [0.3, 0.4) is 0 Å². The van der Waals surface area contributed by atoms with Gasteiger partial charge in [0.05, 0.1) is 43.2 Å². The van der Waals surface area contributed by atoms with Crippen LogP contribution in [0.15, 0.2) is 18.3 Å². The number of carbonyl (C=O) groups is 2. The Morgan fingerprint density at radius 3 is 2.62 bits per heavy atom. The van der Waals surface area contributed by atoms with Gasteiger partial charge < -0.3 is 24.6 Å². The fourth-order valence-electron chi connectivity index (χ4n) is 4.31. The molecule has 0 radical (unpaired) electrons. The summed E-state index contributed by atoms with van der Waals surface area (Å²) in [6, 6.07) is 2.72. The minimum atomic E-state index is -3.56. The lowest BCUT2D eigenvalue weighted by molar-refractivity contribution is -0.140. The van der Waals surface area contributed by atoms with E-state index >= 15 is 0 Å². The van der Waals surface area contributed by atoms with Gasteiger partial charge in [-0.15, -0.1) is 0 Å². The van der Waals surface area contributed by atoms with Crippen LogP contribution in [0.25, 0.3) is 0 Å². The van der Waals surface area contributed by atoms with E-state index in [9.17, 15) is 18.4 Å². The largest absolute Gasteiger partial charge is 0.495 e. The molecule has 9 nitrogen and oxygen atoms in total. The first-order valence-corrected chi connectivity index (χ1v) is 11.1. The molecule has 182 valence electrons. The molecule has 1 saturated carbocycles. The molecule has 1 N–H and O–H groups in total.